The number of hydrogen-bond donors (Lipinski definition) is 2. The maximum Gasteiger partial charge on any atom is 0.407 e. The number of nitrogens with two attached hydrogens (primary N) is 1. The Kier molecular flexibility index (Phi) is 3.25. The third-order valence-corrected chi connectivity index (χ3v) is 3.81. The fraction of sp³-hybridized carbons (Fsp3) is 0.357. The van der Waals surface area contributed by atoms with Crippen molar-refractivity contribution in [1.82, 2.24) is 9.88 Å². The zero-order chi connectivity index (χ0) is 15.0. The Bertz CT molecular complexity index is 701. The normalized spacial score (nSPS) is 16.3. The number of hydrogen-bond acceptors (Lipinski definition) is 4. The Labute approximate surface area is 120 Å². The van der Waals surface area contributed by atoms with Crippen LogP contribution in [0.2, 0.25) is 0 Å². The second-order valence-corrected chi connectivity index (χ2v) is 5.11. The molecule has 110 valence electrons. The molecule has 1 aromatic heterocycles. The van der Waals surface area contributed by atoms with Gasteiger partial charge in [-0.2, -0.15) is 0 Å². The minimum Gasteiger partial charge on any atom is -0.465 e. The first-order chi connectivity index (χ1) is 10.1. The van der Waals surface area contributed by atoms with Gasteiger partial charge in [-0.3, -0.25) is 4.79 Å². The van der Waals surface area contributed by atoms with Crippen molar-refractivity contribution < 1.29 is 19.1 Å². The van der Waals surface area contributed by atoms with E-state index in [0.29, 0.717) is 48.5 Å². The molecule has 2 aromatic rings. The van der Waals surface area contributed by atoms with Crippen LogP contribution in [-0.2, 0) is 0 Å². The summed E-state index contributed by atoms with van der Waals surface area (Å²) in [6.07, 6.45) is 0.415. The quantitative estimate of drug-likeness (QED) is 0.875. The molecule has 0 bridgehead atoms. The number of nitrogens with zero attached hydrogens (tertiary/aromatic N) is 2. The lowest BCUT2D eigenvalue weighted by Gasteiger charge is -2.28. The van der Waals surface area contributed by atoms with Gasteiger partial charge in [-0.05, 0) is 25.0 Å². The highest BCUT2D eigenvalue weighted by Crippen LogP contribution is 2.31. The van der Waals surface area contributed by atoms with Crippen molar-refractivity contribution in [1.29, 1.82) is 0 Å². The number of para-hydroxylation sites is 1. The summed E-state index contributed by atoms with van der Waals surface area (Å²) in [6, 6.07) is 5.08. The first kappa shape index (κ1) is 13.4. The van der Waals surface area contributed by atoms with E-state index in [2.05, 4.69) is 4.98 Å². The van der Waals surface area contributed by atoms with Crippen molar-refractivity contribution in [2.45, 2.75) is 18.8 Å². The van der Waals surface area contributed by atoms with Crippen LogP contribution in [0.25, 0.3) is 11.1 Å². The van der Waals surface area contributed by atoms with Gasteiger partial charge in [0.1, 0.15) is 5.52 Å². The van der Waals surface area contributed by atoms with E-state index in [1.165, 1.54) is 4.90 Å². The molecule has 1 aliphatic rings. The third kappa shape index (κ3) is 2.42. The van der Waals surface area contributed by atoms with Gasteiger partial charge in [0.2, 0.25) is 0 Å². The fourth-order valence-corrected chi connectivity index (χ4v) is 2.65. The molecule has 0 radical (unpaired) electrons. The van der Waals surface area contributed by atoms with E-state index in [-0.39, 0.29) is 5.92 Å². The molecule has 7 heteroatoms. The second kappa shape index (κ2) is 5.08. The summed E-state index contributed by atoms with van der Waals surface area (Å²) >= 11 is 0. The van der Waals surface area contributed by atoms with Crippen molar-refractivity contribution in [2.24, 2.45) is 5.73 Å². The molecule has 1 aliphatic heterocycles. The highest BCUT2D eigenvalue weighted by Gasteiger charge is 2.27. The zero-order valence-electron chi connectivity index (χ0n) is 11.3. The van der Waals surface area contributed by atoms with Gasteiger partial charge in [-0.15, -0.1) is 0 Å². The summed E-state index contributed by atoms with van der Waals surface area (Å²) < 4.78 is 5.72. The lowest BCUT2D eigenvalue weighted by Crippen LogP contribution is -2.36. The highest BCUT2D eigenvalue weighted by molar-refractivity contribution is 6.03. The number of piperidine rings is 1. The topological polar surface area (TPSA) is 110 Å². The van der Waals surface area contributed by atoms with Gasteiger partial charge in [0, 0.05) is 19.0 Å². The summed E-state index contributed by atoms with van der Waals surface area (Å²) in [6.45, 7) is 0.919. The maximum absolute atomic E-state index is 11.4. The van der Waals surface area contributed by atoms with Crippen LogP contribution in [-0.4, -0.2) is 40.1 Å². The Morgan fingerprint density at radius 2 is 2.05 bits per heavy atom. The number of carboxylic acid groups (broad SMARTS) is 1. The predicted molar refractivity (Wildman–Crippen MR) is 74.1 cm³/mol. The van der Waals surface area contributed by atoms with Crippen molar-refractivity contribution in [3.8, 4) is 0 Å². The minimum atomic E-state index is -0.901. The molecule has 0 aliphatic carbocycles. The number of aromatic nitrogens is 1. The van der Waals surface area contributed by atoms with Crippen molar-refractivity contribution in [3.63, 3.8) is 0 Å². The monoisotopic (exact) mass is 289 g/mol. The Hall–Kier alpha value is -2.57. The van der Waals surface area contributed by atoms with E-state index in [4.69, 9.17) is 15.3 Å². The summed E-state index contributed by atoms with van der Waals surface area (Å²) in [5.74, 6) is 0.0569. The molecule has 2 amide bonds. The van der Waals surface area contributed by atoms with Gasteiger partial charge in [0.15, 0.2) is 11.5 Å². The van der Waals surface area contributed by atoms with E-state index in [1.54, 1.807) is 18.2 Å². The number of benzene rings is 1. The smallest absolute Gasteiger partial charge is 0.407 e. The SMILES string of the molecule is NC(=O)c1cccc2nc(C3CCN(C(=O)O)CC3)oc12. The lowest BCUT2D eigenvalue weighted by molar-refractivity contribution is 0.1000. The molecule has 3 rings (SSSR count). The standard InChI is InChI=1S/C14H15N3O4/c15-12(18)9-2-1-3-10-11(9)21-13(16-10)8-4-6-17(7-5-8)14(19)20/h1-3,8H,4-7H2,(H2,15,18)(H,19,20). The largest absolute Gasteiger partial charge is 0.465 e. The van der Waals surface area contributed by atoms with E-state index < -0.39 is 12.0 Å². The molecule has 0 atom stereocenters. The molecule has 1 aromatic carbocycles. The average Bonchev–Trinajstić information content (AvgIpc) is 2.90. The maximum atomic E-state index is 11.4. The van der Waals surface area contributed by atoms with Crippen molar-refractivity contribution in [3.05, 3.63) is 29.7 Å². The van der Waals surface area contributed by atoms with E-state index >= 15 is 0 Å². The number of carbonyl (C=O) groups excluding carboxylic acids is 1. The number of likely N-dealkylation sites (tertiary alicyclic amines) is 1. The molecule has 0 spiro atoms. The molecule has 0 unspecified atom stereocenters. The van der Waals surface area contributed by atoms with Gasteiger partial charge in [-0.1, -0.05) is 6.07 Å². The number of oxazole rings is 1. The zero-order valence-corrected chi connectivity index (χ0v) is 11.3. The van der Waals surface area contributed by atoms with Gasteiger partial charge >= 0.3 is 6.09 Å². The van der Waals surface area contributed by atoms with Gasteiger partial charge in [-0.25, -0.2) is 9.78 Å². The summed E-state index contributed by atoms with van der Waals surface area (Å²) in [5, 5.41) is 8.94. The Morgan fingerprint density at radius 1 is 1.33 bits per heavy atom. The fourth-order valence-electron chi connectivity index (χ4n) is 2.65. The number of primary amides is 1. The molecule has 2 heterocycles. The first-order valence-electron chi connectivity index (χ1n) is 6.73. The summed E-state index contributed by atoms with van der Waals surface area (Å²) in [5.41, 5.74) is 6.64. The van der Waals surface area contributed by atoms with Crippen LogP contribution in [0, 0.1) is 0 Å². The lowest BCUT2D eigenvalue weighted by atomic mass is 9.97. The number of amides is 2. The minimum absolute atomic E-state index is 0.0636. The number of carbonyl (C=O) groups is 2. The highest BCUT2D eigenvalue weighted by atomic mass is 16.4. The van der Waals surface area contributed by atoms with Crippen LogP contribution in [0.15, 0.2) is 22.6 Å². The van der Waals surface area contributed by atoms with Crippen molar-refractivity contribution in [2.75, 3.05) is 13.1 Å². The number of rotatable bonds is 2. The number of fused-ring (bicyclic) bond motifs is 1. The van der Waals surface area contributed by atoms with Crippen LogP contribution in [0.5, 0.6) is 0 Å². The van der Waals surface area contributed by atoms with Crippen LogP contribution in [0.4, 0.5) is 4.79 Å². The molecular weight excluding hydrogens is 274 g/mol. The summed E-state index contributed by atoms with van der Waals surface area (Å²) in [4.78, 5) is 28.1. The molecule has 21 heavy (non-hydrogen) atoms. The van der Waals surface area contributed by atoms with Gasteiger partial charge in [0.05, 0.1) is 5.56 Å². The molecular formula is C14H15N3O4. The predicted octanol–water partition coefficient (Wildman–Crippen LogP) is 1.78. The van der Waals surface area contributed by atoms with Crippen LogP contribution in [0.1, 0.15) is 35.0 Å². The van der Waals surface area contributed by atoms with Gasteiger partial charge < -0.3 is 20.2 Å². The first-order valence-corrected chi connectivity index (χ1v) is 6.73. The molecule has 1 saturated heterocycles. The van der Waals surface area contributed by atoms with E-state index in [9.17, 15) is 9.59 Å². The van der Waals surface area contributed by atoms with E-state index in [1.807, 2.05) is 0 Å². The van der Waals surface area contributed by atoms with Crippen LogP contribution >= 0.6 is 0 Å². The molecule has 1 fully saturated rings. The van der Waals surface area contributed by atoms with E-state index in [0.717, 1.165) is 0 Å². The van der Waals surface area contributed by atoms with Crippen molar-refractivity contribution >= 4 is 23.1 Å². The third-order valence-electron chi connectivity index (χ3n) is 3.81. The second-order valence-electron chi connectivity index (χ2n) is 5.11. The molecule has 3 N–H and O–H groups in total. The molecule has 0 saturated carbocycles. The molecule has 7 nitrogen and oxygen atoms in total. The summed E-state index contributed by atoms with van der Waals surface area (Å²) in [7, 11) is 0. The van der Waals surface area contributed by atoms with Crippen LogP contribution < -0.4 is 5.73 Å². The Morgan fingerprint density at radius 3 is 2.67 bits per heavy atom. The van der Waals surface area contributed by atoms with Crippen LogP contribution in [0.3, 0.4) is 0 Å². The Balaban J connectivity index is 1.87. The average molecular weight is 289 g/mol. The van der Waals surface area contributed by atoms with Gasteiger partial charge in [0.25, 0.3) is 5.91 Å².